The van der Waals surface area contributed by atoms with Crippen LogP contribution in [-0.2, 0) is 9.53 Å². The molecule has 0 atom stereocenters. The first kappa shape index (κ1) is 15.3. The van der Waals surface area contributed by atoms with Crippen LogP contribution in [-0.4, -0.2) is 29.8 Å². The number of rotatable bonds is 5. The van der Waals surface area contributed by atoms with Gasteiger partial charge in [-0.2, -0.15) is 22.0 Å². The molecule has 0 aliphatic carbocycles. The molecule has 0 saturated carbocycles. The van der Waals surface area contributed by atoms with Gasteiger partial charge in [0.2, 0.25) is 5.78 Å². The summed E-state index contributed by atoms with van der Waals surface area (Å²) in [6, 6.07) is 0. The molecule has 0 N–H and O–H groups in total. The highest BCUT2D eigenvalue weighted by Crippen LogP contribution is 2.37. The molecule has 0 aromatic rings. The average molecular weight is 311 g/mol. The van der Waals surface area contributed by atoms with E-state index in [-0.39, 0.29) is 6.61 Å². The number of ketones is 1. The van der Waals surface area contributed by atoms with Gasteiger partial charge in [-0.05, 0) is 6.92 Å². The van der Waals surface area contributed by atoms with Crippen molar-refractivity contribution in [1.29, 1.82) is 0 Å². The highest BCUT2D eigenvalue weighted by molar-refractivity contribution is 9.09. The van der Waals surface area contributed by atoms with Crippen molar-refractivity contribution in [3.63, 3.8) is 0 Å². The van der Waals surface area contributed by atoms with E-state index in [4.69, 9.17) is 0 Å². The van der Waals surface area contributed by atoms with Crippen LogP contribution >= 0.6 is 15.9 Å². The molecule has 0 aliphatic heterocycles. The smallest absolute Gasteiger partial charge is 0.461 e. The van der Waals surface area contributed by atoms with E-state index in [1.165, 1.54) is 6.92 Å². The Balaban J connectivity index is 5.03. The first-order valence-corrected chi connectivity index (χ1v) is 5.16. The molecule has 0 aromatic carbocycles. The molecule has 0 aromatic heterocycles. The standard InChI is InChI=1S/C8H8BrF5O2/c1-2-16-4-5(3-9)6(15)7(10,11)8(12,13)14/h4H,2-3H2,1H3/b5-4+. The van der Waals surface area contributed by atoms with E-state index in [1.807, 2.05) is 0 Å². The molecule has 0 bridgehead atoms. The van der Waals surface area contributed by atoms with Gasteiger partial charge in [-0.15, -0.1) is 0 Å². The number of carbonyl (C=O) groups excluding carboxylic acids is 1. The van der Waals surface area contributed by atoms with Gasteiger partial charge in [0.05, 0.1) is 12.9 Å². The molecule has 0 saturated heterocycles. The second kappa shape index (κ2) is 5.60. The molecule has 0 spiro atoms. The van der Waals surface area contributed by atoms with E-state index in [0.29, 0.717) is 6.26 Å². The van der Waals surface area contributed by atoms with Gasteiger partial charge in [0.1, 0.15) is 0 Å². The minimum atomic E-state index is -5.91. The zero-order chi connectivity index (χ0) is 13.0. The topological polar surface area (TPSA) is 26.3 Å². The molecule has 0 radical (unpaired) electrons. The summed E-state index contributed by atoms with van der Waals surface area (Å²) in [5, 5.41) is -0.447. The maximum atomic E-state index is 12.6. The Morgan fingerprint density at radius 3 is 2.12 bits per heavy atom. The fourth-order valence-corrected chi connectivity index (χ4v) is 1.05. The number of carbonyl (C=O) groups is 1. The van der Waals surface area contributed by atoms with Crippen molar-refractivity contribution in [3.8, 4) is 0 Å². The van der Waals surface area contributed by atoms with Gasteiger partial charge in [0.15, 0.2) is 0 Å². The van der Waals surface area contributed by atoms with Crippen molar-refractivity contribution in [2.24, 2.45) is 0 Å². The molecule has 8 heteroatoms. The van der Waals surface area contributed by atoms with Crippen LogP contribution in [0.4, 0.5) is 22.0 Å². The molecule has 16 heavy (non-hydrogen) atoms. The fraction of sp³-hybridized carbons (Fsp3) is 0.625. The lowest BCUT2D eigenvalue weighted by Gasteiger charge is -2.18. The lowest BCUT2D eigenvalue weighted by atomic mass is 10.1. The number of hydrogen-bond acceptors (Lipinski definition) is 2. The van der Waals surface area contributed by atoms with Crippen LogP contribution in [0.3, 0.4) is 0 Å². The molecule has 0 heterocycles. The minimum Gasteiger partial charge on any atom is -0.501 e. The molecular weight excluding hydrogens is 303 g/mol. The summed E-state index contributed by atoms with van der Waals surface area (Å²) < 4.78 is 65.2. The Morgan fingerprint density at radius 2 is 1.81 bits per heavy atom. The first-order valence-electron chi connectivity index (χ1n) is 4.04. The van der Waals surface area contributed by atoms with Crippen LogP contribution in [0.25, 0.3) is 0 Å². The Bertz CT molecular complexity index is 285. The van der Waals surface area contributed by atoms with E-state index in [2.05, 4.69) is 20.7 Å². The lowest BCUT2D eigenvalue weighted by Crippen LogP contribution is -2.45. The molecule has 94 valence electrons. The number of Topliss-reactive ketones (excluding diaryl/α,β-unsaturated/α-hetero) is 1. The predicted molar refractivity (Wildman–Crippen MR) is 49.5 cm³/mol. The fourth-order valence-electron chi connectivity index (χ4n) is 0.660. The van der Waals surface area contributed by atoms with Gasteiger partial charge in [0.25, 0.3) is 0 Å². The van der Waals surface area contributed by atoms with Gasteiger partial charge in [-0.25, -0.2) is 0 Å². The summed E-state index contributed by atoms with van der Waals surface area (Å²) in [5.41, 5.74) is -0.774. The largest absolute Gasteiger partial charge is 0.501 e. The van der Waals surface area contributed by atoms with E-state index in [1.54, 1.807) is 0 Å². The highest BCUT2D eigenvalue weighted by Gasteiger charge is 2.63. The van der Waals surface area contributed by atoms with E-state index in [9.17, 15) is 26.7 Å². The lowest BCUT2D eigenvalue weighted by molar-refractivity contribution is -0.266. The number of alkyl halides is 6. The van der Waals surface area contributed by atoms with Crippen molar-refractivity contribution in [2.75, 3.05) is 11.9 Å². The zero-order valence-corrected chi connectivity index (χ0v) is 9.66. The molecule has 0 unspecified atom stereocenters. The Labute approximate surface area is 96.6 Å². The summed E-state index contributed by atoms with van der Waals surface area (Å²) in [5.74, 6) is -7.71. The SMILES string of the molecule is CCO/C=C(\CBr)C(=O)C(F)(F)C(F)(F)F. The zero-order valence-electron chi connectivity index (χ0n) is 8.08. The third kappa shape index (κ3) is 3.43. The van der Waals surface area contributed by atoms with Gasteiger partial charge in [-0.3, -0.25) is 4.79 Å². The molecule has 0 amide bonds. The predicted octanol–water partition coefficient (Wildman–Crippen LogP) is 3.07. The maximum Gasteiger partial charge on any atom is 0.461 e. The van der Waals surface area contributed by atoms with Crippen LogP contribution in [0.5, 0.6) is 0 Å². The summed E-state index contributed by atoms with van der Waals surface area (Å²) in [4.78, 5) is 10.9. The van der Waals surface area contributed by atoms with E-state index >= 15 is 0 Å². The Hall–Kier alpha value is -0.660. The van der Waals surface area contributed by atoms with Gasteiger partial charge in [-0.1, -0.05) is 15.9 Å². The van der Waals surface area contributed by atoms with Crippen LogP contribution in [0.2, 0.25) is 0 Å². The van der Waals surface area contributed by atoms with Crippen molar-refractivity contribution < 1.29 is 31.5 Å². The summed E-state index contributed by atoms with van der Waals surface area (Å²) in [6.07, 6.45) is -5.31. The number of hydrogen-bond donors (Lipinski definition) is 0. The van der Waals surface area contributed by atoms with Gasteiger partial charge in [0, 0.05) is 10.9 Å². The monoisotopic (exact) mass is 310 g/mol. The second-order valence-electron chi connectivity index (χ2n) is 2.63. The molecule has 0 fully saturated rings. The van der Waals surface area contributed by atoms with E-state index in [0.717, 1.165) is 0 Å². The summed E-state index contributed by atoms with van der Waals surface area (Å²) in [7, 11) is 0. The van der Waals surface area contributed by atoms with Crippen molar-refractivity contribution in [3.05, 3.63) is 11.8 Å². The van der Waals surface area contributed by atoms with E-state index < -0.39 is 28.8 Å². The number of allylic oxidation sites excluding steroid dienone is 1. The van der Waals surface area contributed by atoms with Crippen LogP contribution in [0.15, 0.2) is 11.8 Å². The Kier molecular flexibility index (Phi) is 5.37. The molecule has 0 aliphatic rings. The summed E-state index contributed by atoms with van der Waals surface area (Å²) >= 11 is 2.64. The third-order valence-corrected chi connectivity index (χ3v) is 2.07. The molecule has 2 nitrogen and oxygen atoms in total. The molecular formula is C8H8BrF5O2. The second-order valence-corrected chi connectivity index (χ2v) is 3.19. The first-order chi connectivity index (χ1) is 7.18. The van der Waals surface area contributed by atoms with Crippen LogP contribution < -0.4 is 0 Å². The van der Waals surface area contributed by atoms with Gasteiger partial charge < -0.3 is 4.74 Å². The summed E-state index contributed by atoms with van der Waals surface area (Å²) in [6.45, 7) is 1.55. The minimum absolute atomic E-state index is 0.0569. The third-order valence-electron chi connectivity index (χ3n) is 1.47. The molecule has 0 rings (SSSR count). The van der Waals surface area contributed by atoms with Crippen LogP contribution in [0, 0.1) is 0 Å². The quantitative estimate of drug-likeness (QED) is 0.338. The average Bonchev–Trinajstić information content (AvgIpc) is 2.16. The van der Waals surface area contributed by atoms with Gasteiger partial charge >= 0.3 is 12.1 Å². The Morgan fingerprint density at radius 1 is 1.31 bits per heavy atom. The maximum absolute atomic E-state index is 12.6. The number of ether oxygens (including phenoxy) is 1. The van der Waals surface area contributed by atoms with Crippen LogP contribution in [0.1, 0.15) is 6.92 Å². The normalized spacial score (nSPS) is 13.8. The van der Waals surface area contributed by atoms with Crippen molar-refractivity contribution in [1.82, 2.24) is 0 Å². The highest BCUT2D eigenvalue weighted by atomic mass is 79.9. The number of halogens is 6. The van der Waals surface area contributed by atoms with Crippen molar-refractivity contribution >= 4 is 21.7 Å². The van der Waals surface area contributed by atoms with Crippen molar-refractivity contribution in [2.45, 2.75) is 19.0 Å².